The maximum absolute atomic E-state index is 12.5. The number of aromatic nitrogens is 2. The second-order valence-electron chi connectivity index (χ2n) is 5.61. The summed E-state index contributed by atoms with van der Waals surface area (Å²) in [7, 11) is 0. The van der Waals surface area contributed by atoms with Gasteiger partial charge in [0.1, 0.15) is 6.79 Å². The first-order chi connectivity index (χ1) is 12.1. The summed E-state index contributed by atoms with van der Waals surface area (Å²) in [6.07, 6.45) is 0.694. The van der Waals surface area contributed by atoms with Crippen LogP contribution >= 0.6 is 39.0 Å². The number of rotatable bonds is 11. The predicted molar refractivity (Wildman–Crippen MR) is 107 cm³/mol. The minimum atomic E-state index is -0.0411. The van der Waals surface area contributed by atoms with Crippen molar-refractivity contribution in [3.05, 3.63) is 44.0 Å². The van der Waals surface area contributed by atoms with E-state index in [2.05, 4.69) is 27.0 Å². The zero-order valence-corrected chi connectivity index (χ0v) is 17.6. The van der Waals surface area contributed by atoms with E-state index in [0.29, 0.717) is 30.5 Å². The average Bonchev–Trinajstić information content (AvgIpc) is 3.06. The van der Waals surface area contributed by atoms with Gasteiger partial charge in [-0.15, -0.1) is 11.3 Å². The number of thioether (sulfide) groups is 1. The molecule has 0 bridgehead atoms. The monoisotopic (exact) mass is 446 g/mol. The van der Waals surface area contributed by atoms with Crippen molar-refractivity contribution in [2.24, 2.45) is 0 Å². The fourth-order valence-electron chi connectivity index (χ4n) is 2.31. The molecule has 0 aliphatic rings. The second-order valence-corrected chi connectivity index (χ2v) is 8.52. The van der Waals surface area contributed by atoms with Gasteiger partial charge < -0.3 is 14.5 Å². The highest BCUT2D eigenvalue weighted by Gasteiger charge is 2.15. The van der Waals surface area contributed by atoms with E-state index in [-0.39, 0.29) is 18.3 Å². The Morgan fingerprint density at radius 1 is 1.36 bits per heavy atom. The van der Waals surface area contributed by atoms with Crippen molar-refractivity contribution in [2.45, 2.75) is 31.3 Å². The minimum Gasteiger partial charge on any atom is -0.355 e. The van der Waals surface area contributed by atoms with E-state index in [0.717, 1.165) is 16.6 Å². The highest BCUT2D eigenvalue weighted by atomic mass is 79.9. The van der Waals surface area contributed by atoms with Gasteiger partial charge in [0.2, 0.25) is 0 Å². The van der Waals surface area contributed by atoms with E-state index in [4.69, 9.17) is 14.5 Å². The molecule has 2 heterocycles. The molecule has 2 rings (SSSR count). The Balaban J connectivity index is 1.99. The van der Waals surface area contributed by atoms with Crippen molar-refractivity contribution in [1.82, 2.24) is 9.97 Å². The maximum atomic E-state index is 12.5. The standard InChI is InChI=1S/C17H23BrN2O3S2/c1-12(2)15-14(10-13-4-3-8-24-13)19-17(20-16(15)21)25-9-7-23-11-22-6-5-18/h3-4,8,12H,5-7,9-11H2,1-2H3,(H,19,20,21). The molecule has 5 nitrogen and oxygen atoms in total. The molecule has 0 fully saturated rings. The van der Waals surface area contributed by atoms with Gasteiger partial charge in [-0.3, -0.25) is 4.79 Å². The fourth-order valence-corrected chi connectivity index (χ4v) is 3.98. The van der Waals surface area contributed by atoms with Crippen LogP contribution in [0.3, 0.4) is 0 Å². The molecule has 0 aromatic carbocycles. The van der Waals surface area contributed by atoms with Crippen LogP contribution in [0.25, 0.3) is 0 Å². The Morgan fingerprint density at radius 2 is 2.16 bits per heavy atom. The highest BCUT2D eigenvalue weighted by molar-refractivity contribution is 9.09. The molecule has 0 saturated carbocycles. The van der Waals surface area contributed by atoms with E-state index in [9.17, 15) is 4.79 Å². The molecule has 2 aromatic rings. The van der Waals surface area contributed by atoms with Crippen LogP contribution < -0.4 is 5.56 Å². The van der Waals surface area contributed by atoms with E-state index >= 15 is 0 Å². The first-order valence-electron chi connectivity index (χ1n) is 8.11. The molecule has 0 aliphatic heterocycles. The Morgan fingerprint density at radius 3 is 2.84 bits per heavy atom. The number of thiophene rings is 1. The van der Waals surface area contributed by atoms with Gasteiger partial charge in [0.25, 0.3) is 5.56 Å². The Bertz CT molecular complexity index is 690. The fraction of sp³-hybridized carbons (Fsp3) is 0.529. The lowest BCUT2D eigenvalue weighted by atomic mass is 10.0. The minimum absolute atomic E-state index is 0.0411. The van der Waals surface area contributed by atoms with E-state index in [1.54, 1.807) is 11.3 Å². The molecule has 138 valence electrons. The Kier molecular flexibility index (Phi) is 9.19. The summed E-state index contributed by atoms with van der Waals surface area (Å²) >= 11 is 6.46. The third kappa shape index (κ3) is 6.86. The average molecular weight is 447 g/mol. The molecule has 0 saturated heterocycles. The van der Waals surface area contributed by atoms with Crippen LogP contribution in [-0.2, 0) is 15.9 Å². The first kappa shape index (κ1) is 20.6. The summed E-state index contributed by atoms with van der Waals surface area (Å²) in [4.78, 5) is 21.3. The topological polar surface area (TPSA) is 64.2 Å². The summed E-state index contributed by atoms with van der Waals surface area (Å²) in [6, 6.07) is 4.10. The maximum Gasteiger partial charge on any atom is 0.255 e. The van der Waals surface area contributed by atoms with Crippen molar-refractivity contribution in [3.63, 3.8) is 0 Å². The summed E-state index contributed by atoms with van der Waals surface area (Å²) in [6.45, 7) is 5.51. The highest BCUT2D eigenvalue weighted by Crippen LogP contribution is 2.22. The van der Waals surface area contributed by atoms with Crippen LogP contribution in [0.1, 0.15) is 35.9 Å². The van der Waals surface area contributed by atoms with Gasteiger partial charge in [0.05, 0.1) is 18.9 Å². The third-order valence-electron chi connectivity index (χ3n) is 3.37. The van der Waals surface area contributed by atoms with Crippen molar-refractivity contribution in [1.29, 1.82) is 0 Å². The largest absolute Gasteiger partial charge is 0.355 e. The number of hydrogen-bond donors (Lipinski definition) is 1. The Labute approximate surface area is 164 Å². The van der Waals surface area contributed by atoms with Gasteiger partial charge in [-0.05, 0) is 17.4 Å². The van der Waals surface area contributed by atoms with Crippen molar-refractivity contribution < 1.29 is 9.47 Å². The molecular weight excluding hydrogens is 424 g/mol. The Hall–Kier alpha value is -0.670. The van der Waals surface area contributed by atoms with E-state index < -0.39 is 0 Å². The van der Waals surface area contributed by atoms with Crippen LogP contribution in [0.15, 0.2) is 27.5 Å². The third-order valence-corrected chi connectivity index (χ3v) is 5.40. The number of aromatic amines is 1. The molecule has 0 unspecified atom stereocenters. The summed E-state index contributed by atoms with van der Waals surface area (Å²) < 4.78 is 10.6. The quantitative estimate of drug-likeness (QED) is 0.185. The molecule has 8 heteroatoms. The predicted octanol–water partition coefficient (Wildman–Crippen LogP) is 4.02. The van der Waals surface area contributed by atoms with Gasteiger partial charge in [-0.25, -0.2) is 4.98 Å². The van der Waals surface area contributed by atoms with Gasteiger partial charge in [0, 0.05) is 27.9 Å². The summed E-state index contributed by atoms with van der Waals surface area (Å²) in [5, 5.41) is 3.49. The number of halogens is 1. The smallest absolute Gasteiger partial charge is 0.255 e. The van der Waals surface area contributed by atoms with Gasteiger partial charge in [0.15, 0.2) is 5.16 Å². The van der Waals surface area contributed by atoms with Crippen LogP contribution in [0.5, 0.6) is 0 Å². The molecule has 0 atom stereocenters. The number of H-pyrrole nitrogens is 1. The summed E-state index contributed by atoms with van der Waals surface area (Å²) in [5.74, 6) is 0.847. The van der Waals surface area contributed by atoms with Crippen molar-refractivity contribution >= 4 is 39.0 Å². The molecule has 2 aromatic heterocycles. The zero-order chi connectivity index (χ0) is 18.1. The molecule has 0 spiro atoms. The lowest BCUT2D eigenvalue weighted by molar-refractivity contribution is -0.0424. The first-order valence-corrected chi connectivity index (χ1v) is 11.1. The zero-order valence-electron chi connectivity index (χ0n) is 14.4. The molecule has 0 amide bonds. The normalized spacial score (nSPS) is 11.4. The molecular formula is C17H23BrN2O3S2. The summed E-state index contributed by atoms with van der Waals surface area (Å²) in [5.41, 5.74) is 1.60. The van der Waals surface area contributed by atoms with Crippen LogP contribution in [0, 0.1) is 0 Å². The van der Waals surface area contributed by atoms with Crippen LogP contribution in [0.2, 0.25) is 0 Å². The van der Waals surface area contributed by atoms with E-state index in [1.165, 1.54) is 16.6 Å². The number of nitrogens with zero attached hydrogens (tertiary/aromatic N) is 1. The number of nitrogens with one attached hydrogen (secondary N) is 1. The van der Waals surface area contributed by atoms with E-state index in [1.807, 2.05) is 25.3 Å². The second kappa shape index (κ2) is 11.1. The molecule has 25 heavy (non-hydrogen) atoms. The molecule has 0 radical (unpaired) electrons. The number of hydrogen-bond acceptors (Lipinski definition) is 6. The van der Waals surface area contributed by atoms with Crippen LogP contribution in [0.4, 0.5) is 0 Å². The van der Waals surface area contributed by atoms with Gasteiger partial charge in [-0.2, -0.15) is 0 Å². The van der Waals surface area contributed by atoms with Crippen molar-refractivity contribution in [3.8, 4) is 0 Å². The van der Waals surface area contributed by atoms with Crippen molar-refractivity contribution in [2.75, 3.05) is 31.1 Å². The number of alkyl halides is 1. The van der Waals surface area contributed by atoms with Crippen LogP contribution in [-0.4, -0.2) is 41.1 Å². The molecule has 1 N–H and O–H groups in total. The van der Waals surface area contributed by atoms with Gasteiger partial charge in [-0.1, -0.05) is 47.6 Å². The van der Waals surface area contributed by atoms with Gasteiger partial charge >= 0.3 is 0 Å². The SMILES string of the molecule is CC(C)c1c(Cc2cccs2)nc(SCCOCOCCBr)[nH]c1=O. The lowest BCUT2D eigenvalue weighted by Gasteiger charge is -2.12. The lowest BCUT2D eigenvalue weighted by Crippen LogP contribution is -2.20. The number of ether oxygens (including phenoxy) is 2. The molecule has 0 aliphatic carbocycles.